The summed E-state index contributed by atoms with van der Waals surface area (Å²) >= 11 is 1.33. The molecule has 2 aromatic carbocycles. The molecule has 1 atom stereocenters. The van der Waals surface area contributed by atoms with Crippen LogP contribution in [0.1, 0.15) is 5.56 Å². The second-order valence-corrected chi connectivity index (χ2v) is 6.48. The van der Waals surface area contributed by atoms with Crippen molar-refractivity contribution in [2.75, 3.05) is 5.88 Å². The normalized spacial score (nSPS) is 12.2. The van der Waals surface area contributed by atoms with Crippen molar-refractivity contribution in [1.82, 2.24) is 9.29 Å². The average molecular weight is 354 g/mol. The second-order valence-electron chi connectivity index (χ2n) is 5.62. The Morgan fingerprint density at radius 1 is 1.28 bits per heavy atom. The number of nitrogens with two attached hydrogens (primary N) is 1. The molecule has 0 aliphatic heterocycles. The second kappa shape index (κ2) is 7.57. The zero-order valence-electron chi connectivity index (χ0n) is 13.7. The summed E-state index contributed by atoms with van der Waals surface area (Å²) in [6.45, 7) is 0. The largest absolute Gasteiger partial charge is 0.419 e. The van der Waals surface area contributed by atoms with E-state index in [1.165, 1.54) is 16.5 Å². The monoisotopic (exact) mass is 354 g/mol. The third-order valence-electron chi connectivity index (χ3n) is 3.98. The number of nitrogens with one attached hydrogen (secondary N) is 1. The SMILES string of the molecule is Cn1c(=O)oc2ccc(-c3ccc(CC(C#N)NSCN)cc3)cc21. The first kappa shape index (κ1) is 17.3. The van der Waals surface area contributed by atoms with Crippen LogP contribution in [0, 0.1) is 11.3 Å². The number of benzene rings is 2. The Morgan fingerprint density at radius 3 is 2.68 bits per heavy atom. The van der Waals surface area contributed by atoms with E-state index < -0.39 is 0 Å². The smallest absolute Gasteiger partial charge is 0.408 e. The van der Waals surface area contributed by atoms with Crippen LogP contribution in [-0.4, -0.2) is 16.5 Å². The summed E-state index contributed by atoms with van der Waals surface area (Å²) in [6.07, 6.45) is 0.610. The van der Waals surface area contributed by atoms with Crippen LogP contribution >= 0.6 is 11.9 Å². The van der Waals surface area contributed by atoms with Gasteiger partial charge in [0.1, 0.15) is 6.04 Å². The Labute approximate surface area is 149 Å². The fourth-order valence-corrected chi connectivity index (χ4v) is 3.07. The molecule has 1 heterocycles. The summed E-state index contributed by atoms with van der Waals surface area (Å²) in [5.74, 6) is 0.0590. The maximum Gasteiger partial charge on any atom is 0.419 e. The molecule has 1 aromatic heterocycles. The van der Waals surface area contributed by atoms with Crippen LogP contribution in [-0.2, 0) is 13.5 Å². The average Bonchev–Trinajstić information content (AvgIpc) is 2.93. The highest BCUT2D eigenvalue weighted by molar-refractivity contribution is 7.97. The van der Waals surface area contributed by atoms with Crippen LogP contribution < -0.4 is 16.2 Å². The molecule has 1 unspecified atom stereocenters. The van der Waals surface area contributed by atoms with E-state index >= 15 is 0 Å². The van der Waals surface area contributed by atoms with Crippen molar-refractivity contribution in [3.8, 4) is 17.2 Å². The molecule has 3 N–H and O–H groups in total. The minimum absolute atomic E-state index is 0.281. The van der Waals surface area contributed by atoms with Gasteiger partial charge in [-0.2, -0.15) is 5.26 Å². The van der Waals surface area contributed by atoms with E-state index in [9.17, 15) is 10.1 Å². The van der Waals surface area contributed by atoms with E-state index in [1.54, 1.807) is 13.1 Å². The molecule has 6 nitrogen and oxygen atoms in total. The summed E-state index contributed by atoms with van der Waals surface area (Å²) in [4.78, 5) is 11.6. The fourth-order valence-electron chi connectivity index (χ4n) is 2.64. The lowest BCUT2D eigenvalue weighted by Crippen LogP contribution is -2.25. The summed E-state index contributed by atoms with van der Waals surface area (Å²) in [7, 11) is 1.69. The molecule has 128 valence electrons. The summed E-state index contributed by atoms with van der Waals surface area (Å²) < 4.78 is 9.68. The number of aryl methyl sites for hydroxylation is 1. The highest BCUT2D eigenvalue weighted by Crippen LogP contribution is 2.24. The fraction of sp³-hybridized carbons (Fsp3) is 0.222. The van der Waals surface area contributed by atoms with Crippen molar-refractivity contribution in [3.63, 3.8) is 0 Å². The van der Waals surface area contributed by atoms with Crippen molar-refractivity contribution >= 4 is 23.0 Å². The van der Waals surface area contributed by atoms with Crippen molar-refractivity contribution < 1.29 is 4.42 Å². The van der Waals surface area contributed by atoms with Gasteiger partial charge in [0.25, 0.3) is 0 Å². The molecule has 0 amide bonds. The molecule has 3 aromatic rings. The van der Waals surface area contributed by atoms with Gasteiger partial charge >= 0.3 is 5.76 Å². The lowest BCUT2D eigenvalue weighted by Gasteiger charge is -2.10. The molecule has 0 bridgehead atoms. The Kier molecular flexibility index (Phi) is 5.24. The number of aromatic nitrogens is 1. The number of fused-ring (bicyclic) bond motifs is 1. The number of hydrogen-bond donors (Lipinski definition) is 2. The van der Waals surface area contributed by atoms with E-state index in [0.717, 1.165) is 22.2 Å². The zero-order chi connectivity index (χ0) is 17.8. The van der Waals surface area contributed by atoms with Crippen molar-refractivity contribution in [2.24, 2.45) is 12.8 Å². The van der Waals surface area contributed by atoms with Gasteiger partial charge in [0, 0.05) is 13.5 Å². The van der Waals surface area contributed by atoms with Gasteiger partial charge in [0.05, 0.1) is 17.5 Å². The topological polar surface area (TPSA) is 97.0 Å². The molecular formula is C18H18N4O2S. The first-order valence-corrected chi connectivity index (χ1v) is 8.77. The Hall–Kier alpha value is -2.53. The molecule has 0 aliphatic carbocycles. The van der Waals surface area contributed by atoms with E-state index in [1.807, 2.05) is 36.4 Å². The van der Waals surface area contributed by atoms with Crippen LogP contribution in [0.5, 0.6) is 0 Å². The first-order chi connectivity index (χ1) is 12.1. The van der Waals surface area contributed by atoms with Crippen molar-refractivity contribution in [3.05, 3.63) is 58.6 Å². The Morgan fingerprint density at radius 2 is 2.00 bits per heavy atom. The van der Waals surface area contributed by atoms with Crippen LogP contribution in [0.3, 0.4) is 0 Å². The van der Waals surface area contributed by atoms with Crippen LogP contribution in [0.4, 0.5) is 0 Å². The molecule has 25 heavy (non-hydrogen) atoms. The molecular weight excluding hydrogens is 336 g/mol. The number of rotatable bonds is 6. The molecule has 7 heteroatoms. The standard InChI is InChI=1S/C18H18N4O2S/c1-22-16-9-14(6-7-17(16)24-18(22)23)13-4-2-12(3-5-13)8-15(10-19)21-25-11-20/h2-7,9,15,21H,8,11,20H2,1H3. The number of oxazole rings is 1. The third kappa shape index (κ3) is 3.77. The molecule has 0 radical (unpaired) electrons. The van der Waals surface area contributed by atoms with Gasteiger partial charge in [-0.15, -0.1) is 0 Å². The van der Waals surface area contributed by atoms with Crippen LogP contribution in [0.25, 0.3) is 22.2 Å². The molecule has 3 rings (SSSR count). The Bertz CT molecular complexity index is 969. The summed E-state index contributed by atoms with van der Waals surface area (Å²) in [5.41, 5.74) is 9.87. The van der Waals surface area contributed by atoms with Crippen LogP contribution in [0.15, 0.2) is 51.7 Å². The van der Waals surface area contributed by atoms with Crippen molar-refractivity contribution in [1.29, 1.82) is 5.26 Å². The quantitative estimate of drug-likeness (QED) is 0.521. The van der Waals surface area contributed by atoms with Crippen LogP contribution in [0.2, 0.25) is 0 Å². The predicted octanol–water partition coefficient (Wildman–Crippen LogP) is 2.39. The molecule has 0 saturated heterocycles. The Balaban J connectivity index is 1.81. The summed E-state index contributed by atoms with van der Waals surface area (Å²) in [5, 5.41) is 9.17. The van der Waals surface area contributed by atoms with E-state index in [2.05, 4.69) is 10.8 Å². The van der Waals surface area contributed by atoms with Gasteiger partial charge in [-0.3, -0.25) is 4.57 Å². The minimum Gasteiger partial charge on any atom is -0.408 e. The molecule has 0 saturated carbocycles. The molecule has 0 aliphatic rings. The zero-order valence-corrected chi connectivity index (χ0v) is 14.5. The first-order valence-electron chi connectivity index (χ1n) is 7.78. The highest BCUT2D eigenvalue weighted by Gasteiger charge is 2.10. The minimum atomic E-state index is -0.368. The van der Waals surface area contributed by atoms with Gasteiger partial charge in [0.2, 0.25) is 0 Å². The van der Waals surface area contributed by atoms with Gasteiger partial charge in [-0.1, -0.05) is 42.3 Å². The van der Waals surface area contributed by atoms with Gasteiger partial charge < -0.3 is 10.2 Å². The van der Waals surface area contributed by atoms with E-state index in [-0.39, 0.29) is 11.8 Å². The maximum atomic E-state index is 11.6. The van der Waals surface area contributed by atoms with Crippen molar-refractivity contribution in [2.45, 2.75) is 12.5 Å². The number of hydrogen-bond acceptors (Lipinski definition) is 6. The van der Waals surface area contributed by atoms with E-state index in [4.69, 9.17) is 10.2 Å². The van der Waals surface area contributed by atoms with Gasteiger partial charge in [0.15, 0.2) is 5.58 Å². The maximum absolute atomic E-state index is 11.6. The lowest BCUT2D eigenvalue weighted by atomic mass is 10.0. The number of nitriles is 1. The van der Waals surface area contributed by atoms with E-state index in [0.29, 0.717) is 17.9 Å². The van der Waals surface area contributed by atoms with Gasteiger partial charge in [-0.25, -0.2) is 9.52 Å². The third-order valence-corrected chi connectivity index (χ3v) is 4.60. The molecule has 0 fully saturated rings. The lowest BCUT2D eigenvalue weighted by molar-refractivity contribution is 0.528. The van der Waals surface area contributed by atoms with Gasteiger partial charge in [-0.05, 0) is 28.8 Å². The number of nitrogens with zero attached hydrogens (tertiary/aromatic N) is 2. The summed E-state index contributed by atoms with van der Waals surface area (Å²) in [6, 6.07) is 15.7. The highest BCUT2D eigenvalue weighted by atomic mass is 32.2. The molecule has 0 spiro atoms. The predicted molar refractivity (Wildman–Crippen MR) is 99.8 cm³/mol.